The van der Waals surface area contributed by atoms with Crippen molar-refractivity contribution >= 4 is 17.6 Å². The van der Waals surface area contributed by atoms with E-state index in [0.717, 1.165) is 6.08 Å². The molecule has 0 saturated heterocycles. The van der Waals surface area contributed by atoms with E-state index < -0.39 is 18.2 Å². The van der Waals surface area contributed by atoms with Crippen LogP contribution in [0.15, 0.2) is 30.0 Å². The smallest absolute Gasteiger partial charge is 0.354 e. The van der Waals surface area contributed by atoms with Crippen molar-refractivity contribution in [3.8, 4) is 5.75 Å². The van der Waals surface area contributed by atoms with Gasteiger partial charge in [0.25, 0.3) is 0 Å². The molecule has 0 fully saturated rings. The van der Waals surface area contributed by atoms with Crippen LogP contribution < -0.4 is 10.1 Å². The van der Waals surface area contributed by atoms with Gasteiger partial charge in [-0.1, -0.05) is 0 Å². The molecule has 24 heavy (non-hydrogen) atoms. The Kier molecular flexibility index (Phi) is 7.73. The van der Waals surface area contributed by atoms with Crippen LogP contribution >= 0.6 is 0 Å². The largest absolute Gasteiger partial charge is 0.497 e. The number of hydrogen-bond acceptors (Lipinski definition) is 8. The normalized spacial score (nSPS) is 11.2. The monoisotopic (exact) mass is 339 g/mol. The van der Waals surface area contributed by atoms with Crippen molar-refractivity contribution < 1.29 is 33.3 Å². The van der Waals surface area contributed by atoms with Crippen LogP contribution in [0, 0.1) is 0 Å². The van der Waals surface area contributed by atoms with E-state index in [0.29, 0.717) is 17.0 Å². The minimum Gasteiger partial charge on any atom is -0.497 e. The van der Waals surface area contributed by atoms with Crippen molar-refractivity contribution in [2.24, 2.45) is 0 Å². The van der Waals surface area contributed by atoms with E-state index >= 15 is 0 Å². The van der Waals surface area contributed by atoms with Crippen molar-refractivity contribution in [2.45, 2.75) is 6.29 Å². The van der Waals surface area contributed by atoms with Crippen molar-refractivity contribution in [3.05, 3.63) is 35.5 Å². The number of nitrogens with one attached hydrogen (secondary N) is 1. The number of ether oxygens (including phenoxy) is 5. The summed E-state index contributed by atoms with van der Waals surface area (Å²) in [4.78, 5) is 23.3. The number of esters is 2. The number of rotatable bonds is 8. The van der Waals surface area contributed by atoms with Gasteiger partial charge >= 0.3 is 11.9 Å². The van der Waals surface area contributed by atoms with E-state index in [2.05, 4.69) is 14.8 Å². The van der Waals surface area contributed by atoms with Gasteiger partial charge in [0.05, 0.1) is 27.4 Å². The molecule has 0 heterocycles. The number of carbonyl (C=O) groups is 2. The first-order valence-electron chi connectivity index (χ1n) is 6.89. The van der Waals surface area contributed by atoms with Crippen LogP contribution in [0.1, 0.15) is 11.9 Å². The Hall–Kier alpha value is -2.58. The standard InChI is InChI=1S/C16H21NO7/c1-20-10-6-7-12(11(8-10)16(23-4)24-5)17-13(15(19)22-3)9-14(18)21-2/h6-9,16-17H,1-5H3/b13-9+. The predicted molar refractivity (Wildman–Crippen MR) is 85.5 cm³/mol. The fourth-order valence-corrected chi connectivity index (χ4v) is 1.90. The molecule has 132 valence electrons. The number of methoxy groups -OCH3 is 5. The average Bonchev–Trinajstić information content (AvgIpc) is 2.62. The van der Waals surface area contributed by atoms with E-state index in [1.807, 2.05) is 0 Å². The van der Waals surface area contributed by atoms with Crippen LogP contribution in [0.5, 0.6) is 5.75 Å². The van der Waals surface area contributed by atoms with Gasteiger partial charge in [-0.2, -0.15) is 0 Å². The third kappa shape index (κ3) is 4.97. The molecule has 1 aromatic carbocycles. The van der Waals surface area contributed by atoms with E-state index in [1.165, 1.54) is 35.5 Å². The molecule has 8 heteroatoms. The second-order valence-corrected chi connectivity index (χ2v) is 4.45. The third-order valence-electron chi connectivity index (χ3n) is 3.08. The molecule has 0 bridgehead atoms. The molecule has 0 amide bonds. The lowest BCUT2D eigenvalue weighted by Crippen LogP contribution is -2.17. The fraction of sp³-hybridized carbons (Fsp3) is 0.375. The second kappa shape index (κ2) is 9.53. The van der Waals surface area contributed by atoms with E-state index in [-0.39, 0.29) is 5.70 Å². The highest BCUT2D eigenvalue weighted by atomic mass is 16.7. The van der Waals surface area contributed by atoms with Gasteiger partial charge < -0.3 is 29.0 Å². The molecule has 1 N–H and O–H groups in total. The van der Waals surface area contributed by atoms with Crippen LogP contribution in [0.4, 0.5) is 5.69 Å². The van der Waals surface area contributed by atoms with Gasteiger partial charge in [0.2, 0.25) is 0 Å². The maximum absolute atomic E-state index is 11.9. The lowest BCUT2D eigenvalue weighted by atomic mass is 10.1. The Bertz CT molecular complexity index is 608. The molecule has 0 aromatic heterocycles. The van der Waals surface area contributed by atoms with Crippen molar-refractivity contribution in [1.82, 2.24) is 0 Å². The summed E-state index contributed by atoms with van der Waals surface area (Å²) in [6.07, 6.45) is 0.286. The Morgan fingerprint density at radius 2 is 1.71 bits per heavy atom. The molecule has 8 nitrogen and oxygen atoms in total. The predicted octanol–water partition coefficient (Wildman–Crippen LogP) is 1.63. The van der Waals surface area contributed by atoms with Gasteiger partial charge in [-0.3, -0.25) is 0 Å². The first-order chi connectivity index (χ1) is 11.5. The highest BCUT2D eigenvalue weighted by molar-refractivity contribution is 5.98. The zero-order chi connectivity index (χ0) is 18.1. The summed E-state index contributed by atoms with van der Waals surface area (Å²) in [5.74, 6) is -0.854. The summed E-state index contributed by atoms with van der Waals surface area (Å²) < 4.78 is 24.9. The van der Waals surface area contributed by atoms with Gasteiger partial charge in [-0.15, -0.1) is 0 Å². The molecular formula is C16H21NO7. The highest BCUT2D eigenvalue weighted by Gasteiger charge is 2.19. The molecule has 0 spiro atoms. The van der Waals surface area contributed by atoms with Crippen LogP contribution in [-0.4, -0.2) is 47.5 Å². The molecule has 0 atom stereocenters. The molecule has 0 radical (unpaired) electrons. The van der Waals surface area contributed by atoms with Crippen LogP contribution in [0.2, 0.25) is 0 Å². The summed E-state index contributed by atoms with van der Waals surface area (Å²) in [6, 6.07) is 5.03. The zero-order valence-corrected chi connectivity index (χ0v) is 14.2. The number of carbonyl (C=O) groups excluding carboxylic acids is 2. The molecule has 0 aliphatic carbocycles. The molecule has 0 saturated carbocycles. The molecule has 1 aromatic rings. The van der Waals surface area contributed by atoms with Crippen LogP contribution in [0.25, 0.3) is 0 Å². The molecule has 0 aliphatic heterocycles. The van der Waals surface area contributed by atoms with Crippen LogP contribution in [-0.2, 0) is 28.5 Å². The summed E-state index contributed by atoms with van der Waals surface area (Å²) in [6.45, 7) is 0. The maximum Gasteiger partial charge on any atom is 0.354 e. The molecule has 0 unspecified atom stereocenters. The Labute approximate surface area is 140 Å². The summed E-state index contributed by atoms with van der Waals surface area (Å²) in [5, 5.41) is 2.83. The van der Waals surface area contributed by atoms with E-state index in [4.69, 9.17) is 14.2 Å². The SMILES string of the molecule is COC(=O)/C=C(/Nc1ccc(OC)cc1C(OC)OC)C(=O)OC. The molecule has 1 rings (SSSR count). The average molecular weight is 339 g/mol. The highest BCUT2D eigenvalue weighted by Crippen LogP contribution is 2.30. The lowest BCUT2D eigenvalue weighted by Gasteiger charge is -2.20. The van der Waals surface area contributed by atoms with Crippen LogP contribution in [0.3, 0.4) is 0 Å². The maximum atomic E-state index is 11.9. The van der Waals surface area contributed by atoms with Crippen molar-refractivity contribution in [1.29, 1.82) is 0 Å². The third-order valence-corrected chi connectivity index (χ3v) is 3.08. The van der Waals surface area contributed by atoms with Gasteiger partial charge in [-0.25, -0.2) is 9.59 Å². The minimum atomic E-state index is -0.728. The molecule has 0 aliphatic rings. The van der Waals surface area contributed by atoms with E-state index in [9.17, 15) is 9.59 Å². The first kappa shape index (κ1) is 19.5. The van der Waals surface area contributed by atoms with Gasteiger partial charge in [0.15, 0.2) is 6.29 Å². The van der Waals surface area contributed by atoms with Crippen molar-refractivity contribution in [3.63, 3.8) is 0 Å². The number of anilines is 1. The first-order valence-corrected chi connectivity index (χ1v) is 6.89. The summed E-state index contributed by atoms with van der Waals surface area (Å²) in [7, 11) is 6.89. The lowest BCUT2D eigenvalue weighted by molar-refractivity contribution is -0.138. The summed E-state index contributed by atoms with van der Waals surface area (Å²) in [5.41, 5.74) is 0.950. The van der Waals surface area contributed by atoms with Gasteiger partial charge in [0.1, 0.15) is 11.4 Å². The number of benzene rings is 1. The Balaban J connectivity index is 3.29. The topological polar surface area (TPSA) is 92.3 Å². The van der Waals surface area contributed by atoms with Gasteiger partial charge in [-0.05, 0) is 18.2 Å². The van der Waals surface area contributed by atoms with E-state index in [1.54, 1.807) is 18.2 Å². The molecular weight excluding hydrogens is 318 g/mol. The summed E-state index contributed by atoms with van der Waals surface area (Å²) >= 11 is 0. The fourth-order valence-electron chi connectivity index (χ4n) is 1.90. The van der Waals surface area contributed by atoms with Gasteiger partial charge in [0, 0.05) is 25.5 Å². The Morgan fingerprint density at radius 1 is 1.04 bits per heavy atom. The minimum absolute atomic E-state index is 0.0956. The zero-order valence-electron chi connectivity index (χ0n) is 14.2. The Morgan fingerprint density at radius 3 is 2.21 bits per heavy atom. The van der Waals surface area contributed by atoms with Crippen molar-refractivity contribution in [2.75, 3.05) is 40.9 Å². The number of hydrogen-bond donors (Lipinski definition) is 1. The quantitative estimate of drug-likeness (QED) is 0.434. The second-order valence-electron chi connectivity index (χ2n) is 4.45.